The topological polar surface area (TPSA) is 41.6 Å². The molecule has 1 amide bonds. The van der Waals surface area contributed by atoms with Crippen LogP contribution in [0.1, 0.15) is 31.7 Å². The van der Waals surface area contributed by atoms with Crippen LogP contribution in [0.15, 0.2) is 22.7 Å². The summed E-state index contributed by atoms with van der Waals surface area (Å²) in [4.78, 5) is 14.4. The van der Waals surface area contributed by atoms with Crippen molar-refractivity contribution < 1.29 is 9.53 Å². The second-order valence-corrected chi connectivity index (χ2v) is 6.96. The van der Waals surface area contributed by atoms with E-state index in [2.05, 4.69) is 28.2 Å². The SMILES string of the molecule is CCNCC1CCN(C(=O)CCc2ccc(OC)c(Br)c2)CC1.Cl. The van der Waals surface area contributed by atoms with Gasteiger partial charge in [0.1, 0.15) is 5.75 Å². The third-order valence-corrected chi connectivity index (χ3v) is 5.11. The fraction of sp³-hybridized carbons (Fsp3) is 0.611. The number of ether oxygens (including phenoxy) is 1. The van der Waals surface area contributed by atoms with Gasteiger partial charge < -0.3 is 15.0 Å². The molecule has 0 bridgehead atoms. The standard InChI is InChI=1S/C18H27BrN2O2.ClH/c1-3-20-13-15-8-10-21(11-9-15)18(22)7-5-14-4-6-17(23-2)16(19)12-14;/h4,6,12,15,20H,3,5,7-11,13H2,1-2H3;1H. The molecule has 1 aromatic carbocycles. The fourth-order valence-corrected chi connectivity index (χ4v) is 3.60. The zero-order chi connectivity index (χ0) is 16.7. The van der Waals surface area contributed by atoms with Crippen LogP contribution in [0.4, 0.5) is 0 Å². The number of likely N-dealkylation sites (tertiary alicyclic amines) is 1. The molecule has 0 radical (unpaired) electrons. The number of aryl methyl sites for hydroxylation is 1. The van der Waals surface area contributed by atoms with Crippen molar-refractivity contribution in [1.29, 1.82) is 0 Å². The Hall–Kier alpha value is -0.780. The molecule has 0 unspecified atom stereocenters. The van der Waals surface area contributed by atoms with Crippen LogP contribution in [0.5, 0.6) is 5.75 Å². The van der Waals surface area contributed by atoms with Crippen LogP contribution in [-0.4, -0.2) is 44.1 Å². The highest BCUT2D eigenvalue weighted by Crippen LogP contribution is 2.26. The maximum Gasteiger partial charge on any atom is 0.222 e. The number of piperidine rings is 1. The summed E-state index contributed by atoms with van der Waals surface area (Å²) in [6.45, 7) is 6.05. The van der Waals surface area contributed by atoms with Crippen molar-refractivity contribution in [3.63, 3.8) is 0 Å². The lowest BCUT2D eigenvalue weighted by Gasteiger charge is -2.32. The summed E-state index contributed by atoms with van der Waals surface area (Å²) in [5.41, 5.74) is 1.16. The zero-order valence-electron chi connectivity index (χ0n) is 14.5. The predicted octanol–water partition coefficient (Wildman–Crippen LogP) is 3.66. The first kappa shape index (κ1) is 21.3. The Kier molecular flexibility index (Phi) is 9.71. The van der Waals surface area contributed by atoms with E-state index in [0.717, 1.165) is 67.1 Å². The smallest absolute Gasteiger partial charge is 0.222 e. The van der Waals surface area contributed by atoms with Crippen molar-refractivity contribution in [3.8, 4) is 5.75 Å². The summed E-state index contributed by atoms with van der Waals surface area (Å²) in [5.74, 6) is 1.82. The van der Waals surface area contributed by atoms with E-state index in [1.54, 1.807) is 7.11 Å². The van der Waals surface area contributed by atoms with Gasteiger partial charge in [0, 0.05) is 19.5 Å². The molecule has 1 aliphatic rings. The van der Waals surface area contributed by atoms with Crippen LogP contribution < -0.4 is 10.1 Å². The van der Waals surface area contributed by atoms with Gasteiger partial charge in [0.15, 0.2) is 0 Å². The van der Waals surface area contributed by atoms with E-state index in [0.29, 0.717) is 6.42 Å². The normalized spacial score (nSPS) is 15.0. The lowest BCUT2D eigenvalue weighted by Crippen LogP contribution is -2.40. The van der Waals surface area contributed by atoms with Crippen molar-refractivity contribution >= 4 is 34.2 Å². The van der Waals surface area contributed by atoms with Crippen LogP contribution in [-0.2, 0) is 11.2 Å². The Balaban J connectivity index is 0.00000288. The van der Waals surface area contributed by atoms with E-state index in [4.69, 9.17) is 4.74 Å². The van der Waals surface area contributed by atoms with Crippen molar-refractivity contribution in [3.05, 3.63) is 28.2 Å². The number of amides is 1. The summed E-state index contributed by atoms with van der Waals surface area (Å²) in [6, 6.07) is 6.00. The quantitative estimate of drug-likeness (QED) is 0.733. The minimum absolute atomic E-state index is 0. The second-order valence-electron chi connectivity index (χ2n) is 6.10. The molecule has 1 heterocycles. The first-order valence-electron chi connectivity index (χ1n) is 8.45. The molecule has 0 saturated carbocycles. The minimum Gasteiger partial charge on any atom is -0.496 e. The molecule has 0 aliphatic carbocycles. The number of methoxy groups -OCH3 is 1. The van der Waals surface area contributed by atoms with Gasteiger partial charge in [-0.05, 0) is 71.9 Å². The molecule has 0 atom stereocenters. The summed E-state index contributed by atoms with van der Waals surface area (Å²) in [7, 11) is 1.66. The van der Waals surface area contributed by atoms with Gasteiger partial charge in [0.05, 0.1) is 11.6 Å². The summed E-state index contributed by atoms with van der Waals surface area (Å²) in [6.07, 6.45) is 3.59. The Labute approximate surface area is 159 Å². The highest BCUT2D eigenvalue weighted by molar-refractivity contribution is 9.10. The molecular weight excluding hydrogens is 392 g/mol. The molecule has 1 aliphatic heterocycles. The molecule has 1 saturated heterocycles. The van der Waals surface area contributed by atoms with Crippen LogP contribution in [0.3, 0.4) is 0 Å². The first-order valence-corrected chi connectivity index (χ1v) is 9.24. The number of carbonyl (C=O) groups excluding carboxylic acids is 1. The fourth-order valence-electron chi connectivity index (χ4n) is 3.01. The Morgan fingerprint density at radius 2 is 2.08 bits per heavy atom. The second kappa shape index (κ2) is 11.0. The summed E-state index contributed by atoms with van der Waals surface area (Å²) < 4.78 is 6.17. The lowest BCUT2D eigenvalue weighted by molar-refractivity contribution is -0.132. The van der Waals surface area contributed by atoms with Gasteiger partial charge in [-0.3, -0.25) is 4.79 Å². The molecule has 2 rings (SSSR count). The molecule has 1 N–H and O–H groups in total. The Morgan fingerprint density at radius 3 is 2.67 bits per heavy atom. The van der Waals surface area contributed by atoms with Gasteiger partial charge in [0.25, 0.3) is 0 Å². The molecular formula is C18H28BrClN2O2. The van der Waals surface area contributed by atoms with E-state index in [-0.39, 0.29) is 18.3 Å². The largest absolute Gasteiger partial charge is 0.496 e. The maximum absolute atomic E-state index is 12.4. The molecule has 24 heavy (non-hydrogen) atoms. The maximum atomic E-state index is 12.4. The lowest BCUT2D eigenvalue weighted by atomic mass is 9.96. The average Bonchev–Trinajstić information content (AvgIpc) is 2.58. The highest BCUT2D eigenvalue weighted by atomic mass is 79.9. The van der Waals surface area contributed by atoms with Gasteiger partial charge >= 0.3 is 0 Å². The summed E-state index contributed by atoms with van der Waals surface area (Å²) >= 11 is 3.49. The van der Waals surface area contributed by atoms with Gasteiger partial charge in [0.2, 0.25) is 5.91 Å². The van der Waals surface area contributed by atoms with Crippen molar-refractivity contribution in [1.82, 2.24) is 10.2 Å². The van der Waals surface area contributed by atoms with Gasteiger partial charge in [-0.25, -0.2) is 0 Å². The number of benzene rings is 1. The third kappa shape index (κ3) is 6.26. The average molecular weight is 420 g/mol. The molecule has 0 aromatic heterocycles. The molecule has 6 heteroatoms. The van der Waals surface area contributed by atoms with E-state index in [1.165, 1.54) is 0 Å². The molecule has 4 nitrogen and oxygen atoms in total. The number of rotatable bonds is 7. The van der Waals surface area contributed by atoms with Gasteiger partial charge in [-0.2, -0.15) is 0 Å². The number of hydrogen-bond donors (Lipinski definition) is 1. The Morgan fingerprint density at radius 1 is 1.38 bits per heavy atom. The molecule has 136 valence electrons. The zero-order valence-corrected chi connectivity index (χ0v) is 16.9. The van der Waals surface area contributed by atoms with E-state index in [9.17, 15) is 4.79 Å². The van der Waals surface area contributed by atoms with Crippen LogP contribution in [0.2, 0.25) is 0 Å². The number of nitrogens with zero attached hydrogens (tertiary/aromatic N) is 1. The van der Waals surface area contributed by atoms with Crippen LogP contribution in [0, 0.1) is 5.92 Å². The number of carbonyl (C=O) groups is 1. The minimum atomic E-state index is 0. The van der Waals surface area contributed by atoms with Gasteiger partial charge in [-0.15, -0.1) is 12.4 Å². The van der Waals surface area contributed by atoms with Crippen LogP contribution >= 0.6 is 28.3 Å². The molecule has 0 spiro atoms. The Bertz CT molecular complexity index is 520. The third-order valence-electron chi connectivity index (χ3n) is 4.49. The van der Waals surface area contributed by atoms with Gasteiger partial charge in [-0.1, -0.05) is 13.0 Å². The first-order chi connectivity index (χ1) is 11.1. The van der Waals surface area contributed by atoms with E-state index >= 15 is 0 Å². The van der Waals surface area contributed by atoms with Crippen molar-refractivity contribution in [2.75, 3.05) is 33.3 Å². The van der Waals surface area contributed by atoms with Crippen molar-refractivity contribution in [2.45, 2.75) is 32.6 Å². The number of nitrogens with one attached hydrogen (secondary N) is 1. The van der Waals surface area contributed by atoms with Crippen molar-refractivity contribution in [2.24, 2.45) is 5.92 Å². The molecule has 1 aromatic rings. The summed E-state index contributed by atoms with van der Waals surface area (Å²) in [5, 5.41) is 3.41. The number of hydrogen-bond acceptors (Lipinski definition) is 3. The monoisotopic (exact) mass is 418 g/mol. The van der Waals surface area contributed by atoms with Crippen LogP contribution in [0.25, 0.3) is 0 Å². The predicted molar refractivity (Wildman–Crippen MR) is 104 cm³/mol. The van der Waals surface area contributed by atoms with E-state index < -0.39 is 0 Å². The highest BCUT2D eigenvalue weighted by Gasteiger charge is 2.22. The molecule has 1 fully saturated rings. The number of halogens is 2. The van der Waals surface area contributed by atoms with E-state index in [1.807, 2.05) is 23.1 Å².